The fourth-order valence-corrected chi connectivity index (χ4v) is 4.56. The summed E-state index contributed by atoms with van der Waals surface area (Å²) in [6, 6.07) is 2.96. The predicted molar refractivity (Wildman–Crippen MR) is 120 cm³/mol. The van der Waals surface area contributed by atoms with Gasteiger partial charge in [0.05, 0.1) is 23.8 Å². The van der Waals surface area contributed by atoms with E-state index in [4.69, 9.17) is 4.74 Å². The first-order chi connectivity index (χ1) is 16.6. The fraction of sp³-hybridized carbons (Fsp3) is 0.542. The average molecular weight is 495 g/mol. The summed E-state index contributed by atoms with van der Waals surface area (Å²) in [5, 5.41) is 2.55. The Kier molecular flexibility index (Phi) is 7.07. The molecule has 1 aliphatic carbocycles. The van der Waals surface area contributed by atoms with Crippen LogP contribution in [0.25, 0.3) is 0 Å². The summed E-state index contributed by atoms with van der Waals surface area (Å²) in [5.74, 6) is -0.491. The van der Waals surface area contributed by atoms with Crippen LogP contribution in [0.1, 0.15) is 36.9 Å². The first kappa shape index (κ1) is 25.0. The molecule has 4 rings (SSSR count). The molecule has 1 aromatic rings. The Morgan fingerprint density at radius 3 is 2.37 bits per heavy atom. The lowest BCUT2D eigenvalue weighted by atomic mass is 9.90. The topological polar surface area (TPSA) is 82.2 Å². The van der Waals surface area contributed by atoms with Gasteiger partial charge in [0.1, 0.15) is 0 Å². The Balaban J connectivity index is 1.67. The third-order valence-electron chi connectivity index (χ3n) is 6.63. The minimum atomic E-state index is -4.67. The molecule has 35 heavy (non-hydrogen) atoms. The van der Waals surface area contributed by atoms with Crippen LogP contribution in [-0.4, -0.2) is 79.0 Å². The van der Waals surface area contributed by atoms with Gasteiger partial charge in [-0.3, -0.25) is 14.6 Å². The van der Waals surface area contributed by atoms with Gasteiger partial charge in [-0.2, -0.15) is 13.2 Å². The Morgan fingerprint density at radius 2 is 1.77 bits per heavy atom. The van der Waals surface area contributed by atoms with E-state index in [1.807, 2.05) is 9.80 Å². The van der Waals surface area contributed by atoms with Crippen molar-refractivity contribution in [3.63, 3.8) is 0 Å². The molecule has 0 bridgehead atoms. The fourth-order valence-electron chi connectivity index (χ4n) is 4.56. The summed E-state index contributed by atoms with van der Waals surface area (Å²) < 4.78 is 46.6. The van der Waals surface area contributed by atoms with Crippen molar-refractivity contribution in [1.29, 1.82) is 0 Å². The Hall–Kier alpha value is -3.08. The number of piperazine rings is 1. The molecule has 2 heterocycles. The Bertz CT molecular complexity index is 1030. The molecule has 1 aromatic carbocycles. The molecule has 1 N–H and O–H groups in total. The van der Waals surface area contributed by atoms with E-state index in [0.29, 0.717) is 26.2 Å². The molecule has 1 saturated carbocycles. The number of hydrogen-bond donors (Lipinski definition) is 1. The van der Waals surface area contributed by atoms with E-state index in [1.54, 1.807) is 6.92 Å². The molecule has 1 atom stereocenters. The highest BCUT2D eigenvalue weighted by Crippen LogP contribution is 2.39. The van der Waals surface area contributed by atoms with E-state index < -0.39 is 29.8 Å². The zero-order valence-electron chi connectivity index (χ0n) is 19.7. The molecule has 0 radical (unpaired) electrons. The summed E-state index contributed by atoms with van der Waals surface area (Å²) in [6.07, 6.45) is -2.82. The van der Waals surface area contributed by atoms with Gasteiger partial charge in [0.25, 0.3) is 0 Å². The summed E-state index contributed by atoms with van der Waals surface area (Å²) in [4.78, 5) is 43.3. The predicted octanol–water partition coefficient (Wildman–Crippen LogP) is 2.77. The quantitative estimate of drug-likeness (QED) is 0.615. The highest BCUT2D eigenvalue weighted by Gasteiger charge is 2.42. The third-order valence-corrected chi connectivity index (χ3v) is 6.63. The van der Waals surface area contributed by atoms with Gasteiger partial charge in [-0.25, -0.2) is 9.59 Å². The third kappa shape index (κ3) is 5.29. The molecule has 2 fully saturated rings. The van der Waals surface area contributed by atoms with E-state index in [9.17, 15) is 27.6 Å². The van der Waals surface area contributed by atoms with Gasteiger partial charge in [0, 0.05) is 51.4 Å². The first-order valence-corrected chi connectivity index (χ1v) is 11.7. The molecule has 11 heteroatoms. The zero-order chi connectivity index (χ0) is 25.3. The van der Waals surface area contributed by atoms with Gasteiger partial charge in [-0.1, -0.05) is 18.2 Å². The van der Waals surface area contributed by atoms with Crippen molar-refractivity contribution in [2.45, 2.75) is 32.0 Å². The summed E-state index contributed by atoms with van der Waals surface area (Å²) in [7, 11) is 1.47. The lowest BCUT2D eigenvalue weighted by molar-refractivity contribution is -0.141. The average Bonchev–Trinajstić information content (AvgIpc) is 3.67. The number of rotatable bonds is 6. The molecule has 1 saturated heterocycles. The molecule has 0 spiro atoms. The van der Waals surface area contributed by atoms with Crippen LogP contribution in [-0.2, 0) is 20.5 Å². The van der Waals surface area contributed by atoms with Gasteiger partial charge >= 0.3 is 18.2 Å². The largest absolute Gasteiger partial charge is 0.463 e. The van der Waals surface area contributed by atoms with Crippen molar-refractivity contribution in [1.82, 2.24) is 20.0 Å². The number of benzene rings is 1. The van der Waals surface area contributed by atoms with Crippen LogP contribution in [0.15, 0.2) is 35.5 Å². The maximum atomic E-state index is 13.8. The smallest absolute Gasteiger partial charge is 0.416 e. The number of esters is 1. The highest BCUT2D eigenvalue weighted by molar-refractivity contribution is 5.95. The minimum absolute atomic E-state index is 0.0258. The number of urea groups is 1. The van der Waals surface area contributed by atoms with E-state index in [1.165, 1.54) is 30.1 Å². The molecule has 2 aliphatic heterocycles. The second-order valence-electron chi connectivity index (χ2n) is 8.98. The number of carbonyl (C=O) groups is 3. The van der Waals surface area contributed by atoms with Crippen molar-refractivity contribution in [3.05, 3.63) is 46.7 Å². The number of carbonyl (C=O) groups excluding carboxylic acids is 3. The maximum absolute atomic E-state index is 13.8. The molecule has 8 nitrogen and oxygen atoms in total. The second-order valence-corrected chi connectivity index (χ2v) is 8.98. The number of alkyl halides is 3. The summed E-state index contributed by atoms with van der Waals surface area (Å²) in [5.41, 5.74) is -0.886. The van der Waals surface area contributed by atoms with Crippen molar-refractivity contribution < 1.29 is 32.3 Å². The first-order valence-electron chi connectivity index (χ1n) is 11.7. The van der Waals surface area contributed by atoms with Crippen LogP contribution in [0.4, 0.5) is 18.0 Å². The molecule has 3 aliphatic rings. The molecule has 1 unspecified atom stereocenters. The number of halogens is 3. The number of amides is 3. The molecule has 190 valence electrons. The summed E-state index contributed by atoms with van der Waals surface area (Å²) >= 11 is 0. The van der Waals surface area contributed by atoms with Crippen LogP contribution >= 0.6 is 0 Å². The van der Waals surface area contributed by atoms with Crippen molar-refractivity contribution in [2.75, 3.05) is 46.4 Å². The van der Waals surface area contributed by atoms with Gasteiger partial charge in [-0.15, -0.1) is 0 Å². The SMILES string of the molecule is CCOC(=O)C1=C(CN2CCN(C(=O)C3CC3)CC2)N(C)C(=O)NC1c1ccccc1C(F)(F)F. The monoisotopic (exact) mass is 494 g/mol. The normalized spacial score (nSPS) is 21.7. The lowest BCUT2D eigenvalue weighted by Crippen LogP contribution is -2.53. The van der Waals surface area contributed by atoms with E-state index >= 15 is 0 Å². The molecule has 3 amide bonds. The number of nitrogens with zero attached hydrogens (tertiary/aromatic N) is 3. The number of nitrogens with one attached hydrogen (secondary N) is 1. The summed E-state index contributed by atoms with van der Waals surface area (Å²) in [6.45, 7) is 3.89. The van der Waals surface area contributed by atoms with Crippen LogP contribution in [0.2, 0.25) is 0 Å². The van der Waals surface area contributed by atoms with Crippen molar-refractivity contribution >= 4 is 17.9 Å². The molecular weight excluding hydrogens is 465 g/mol. The van der Waals surface area contributed by atoms with Gasteiger partial charge in [0.2, 0.25) is 5.91 Å². The number of ether oxygens (including phenoxy) is 1. The maximum Gasteiger partial charge on any atom is 0.416 e. The minimum Gasteiger partial charge on any atom is -0.463 e. The number of likely N-dealkylation sites (N-methyl/N-ethyl adjacent to an activating group) is 1. The molecule has 0 aromatic heterocycles. The Morgan fingerprint density at radius 1 is 1.11 bits per heavy atom. The van der Waals surface area contributed by atoms with E-state index in [-0.39, 0.29) is 41.8 Å². The van der Waals surface area contributed by atoms with Crippen LogP contribution in [0, 0.1) is 5.92 Å². The second kappa shape index (κ2) is 9.88. The molecular formula is C24H29F3N4O4. The zero-order valence-corrected chi connectivity index (χ0v) is 19.7. The van der Waals surface area contributed by atoms with Crippen LogP contribution in [0.5, 0.6) is 0 Å². The highest BCUT2D eigenvalue weighted by atomic mass is 19.4. The van der Waals surface area contributed by atoms with Crippen molar-refractivity contribution in [3.8, 4) is 0 Å². The number of hydrogen-bond acceptors (Lipinski definition) is 5. The Labute approximate surface area is 201 Å². The lowest BCUT2D eigenvalue weighted by Gasteiger charge is -2.40. The van der Waals surface area contributed by atoms with E-state index in [0.717, 1.165) is 18.9 Å². The van der Waals surface area contributed by atoms with E-state index in [2.05, 4.69) is 5.32 Å². The van der Waals surface area contributed by atoms with Gasteiger partial charge in [0.15, 0.2) is 0 Å². The van der Waals surface area contributed by atoms with Crippen LogP contribution < -0.4 is 5.32 Å². The van der Waals surface area contributed by atoms with Gasteiger partial charge < -0.3 is 15.0 Å². The van der Waals surface area contributed by atoms with Crippen molar-refractivity contribution in [2.24, 2.45) is 5.92 Å². The van der Waals surface area contributed by atoms with Gasteiger partial charge in [-0.05, 0) is 31.4 Å². The standard InChI is InChI=1S/C24H29F3N4O4/c1-3-35-22(33)19-18(14-30-10-12-31(13-11-30)21(32)15-8-9-15)29(2)23(34)28-20(19)16-6-4-5-7-17(16)24(25,26)27/h4-7,15,20H,3,8-14H2,1-2H3,(H,28,34). The van der Waals surface area contributed by atoms with Crippen LogP contribution in [0.3, 0.4) is 0 Å².